The van der Waals surface area contributed by atoms with Gasteiger partial charge in [-0.05, 0) is 5.56 Å². The topological polar surface area (TPSA) is 35.5 Å². The highest BCUT2D eigenvalue weighted by atomic mass is 17.2. The molecule has 0 radical (unpaired) electrons. The van der Waals surface area contributed by atoms with Gasteiger partial charge in [0.05, 0.1) is 0 Å². The summed E-state index contributed by atoms with van der Waals surface area (Å²) in [6.45, 7) is 1.55. The zero-order valence-electron chi connectivity index (χ0n) is 7.97. The molecule has 0 aliphatic heterocycles. The second kappa shape index (κ2) is 5.94. The van der Waals surface area contributed by atoms with Crippen molar-refractivity contribution in [3.05, 3.63) is 42.0 Å². The fourth-order valence-corrected chi connectivity index (χ4v) is 0.905. The Morgan fingerprint density at radius 2 is 2.07 bits per heavy atom. The third-order valence-corrected chi connectivity index (χ3v) is 1.45. The van der Waals surface area contributed by atoms with Crippen LogP contribution in [0.4, 0.5) is 0 Å². The van der Waals surface area contributed by atoms with Crippen molar-refractivity contribution in [2.45, 2.75) is 6.92 Å². The molecule has 1 rings (SSSR count). The van der Waals surface area contributed by atoms with Crippen molar-refractivity contribution >= 4 is 12.0 Å². The molecule has 3 heteroatoms. The Hall–Kier alpha value is -1.61. The van der Waals surface area contributed by atoms with E-state index in [0.29, 0.717) is 0 Å². The Kier molecular flexibility index (Phi) is 4.44. The molecular weight excluding hydrogens is 180 g/mol. The Balaban J connectivity index is 2.25. The van der Waals surface area contributed by atoms with Crippen LogP contribution in [0.25, 0.3) is 6.08 Å². The van der Waals surface area contributed by atoms with Crippen molar-refractivity contribution in [3.63, 3.8) is 0 Å². The molecule has 1 aromatic rings. The van der Waals surface area contributed by atoms with Crippen LogP contribution in [0.2, 0.25) is 0 Å². The Morgan fingerprint density at radius 1 is 1.36 bits per heavy atom. The van der Waals surface area contributed by atoms with Crippen LogP contribution >= 0.6 is 0 Å². The summed E-state index contributed by atoms with van der Waals surface area (Å²) in [4.78, 5) is 19.2. The van der Waals surface area contributed by atoms with Crippen LogP contribution in [0.3, 0.4) is 0 Å². The first kappa shape index (κ1) is 10.5. The van der Waals surface area contributed by atoms with Gasteiger partial charge in [-0.15, -0.1) is 0 Å². The normalized spacial score (nSPS) is 10.4. The molecule has 0 spiro atoms. The molecule has 0 fully saturated rings. The van der Waals surface area contributed by atoms with Gasteiger partial charge >= 0.3 is 5.97 Å². The molecule has 0 heterocycles. The molecule has 0 saturated carbocycles. The van der Waals surface area contributed by atoms with Gasteiger partial charge in [-0.3, -0.25) is 4.89 Å². The van der Waals surface area contributed by atoms with Gasteiger partial charge in [0.25, 0.3) is 0 Å². The molecule has 0 saturated heterocycles. The third-order valence-electron chi connectivity index (χ3n) is 1.45. The zero-order chi connectivity index (χ0) is 10.2. The van der Waals surface area contributed by atoms with E-state index in [0.717, 1.165) is 5.56 Å². The maximum Gasteiger partial charge on any atom is 0.339 e. The van der Waals surface area contributed by atoms with Gasteiger partial charge in [-0.25, -0.2) is 4.79 Å². The van der Waals surface area contributed by atoms with Gasteiger partial charge < -0.3 is 0 Å². The van der Waals surface area contributed by atoms with Crippen LogP contribution < -0.4 is 0 Å². The predicted molar refractivity (Wildman–Crippen MR) is 53.2 cm³/mol. The molecule has 0 bridgehead atoms. The van der Waals surface area contributed by atoms with E-state index in [1.807, 2.05) is 36.4 Å². The van der Waals surface area contributed by atoms with E-state index in [9.17, 15) is 4.79 Å². The molecular formula is C11H12O3. The van der Waals surface area contributed by atoms with Crippen LogP contribution in [0.1, 0.15) is 12.5 Å². The fraction of sp³-hybridized carbons (Fsp3) is 0.182. The first-order valence-electron chi connectivity index (χ1n) is 4.30. The van der Waals surface area contributed by atoms with Gasteiger partial charge in [-0.2, -0.15) is 4.89 Å². The predicted octanol–water partition coefficient (Wildman–Crippen LogP) is 2.19. The van der Waals surface area contributed by atoms with Crippen LogP contribution in [0, 0.1) is 0 Å². The van der Waals surface area contributed by atoms with Crippen molar-refractivity contribution < 1.29 is 14.6 Å². The summed E-state index contributed by atoms with van der Waals surface area (Å²) < 4.78 is 0. The minimum atomic E-state index is -0.446. The monoisotopic (exact) mass is 192 g/mol. The van der Waals surface area contributed by atoms with E-state index in [4.69, 9.17) is 0 Å². The Morgan fingerprint density at radius 3 is 2.71 bits per heavy atom. The largest absolute Gasteiger partial charge is 0.339 e. The summed E-state index contributed by atoms with van der Waals surface area (Å²) in [6.07, 6.45) is 3.67. The second-order valence-electron chi connectivity index (χ2n) is 2.67. The molecule has 0 aliphatic carbocycles. The second-order valence-corrected chi connectivity index (χ2v) is 2.67. The van der Waals surface area contributed by atoms with E-state index in [1.165, 1.54) is 6.92 Å². The maximum absolute atomic E-state index is 10.3. The third kappa shape index (κ3) is 4.42. The molecule has 3 nitrogen and oxygen atoms in total. The van der Waals surface area contributed by atoms with E-state index >= 15 is 0 Å². The van der Waals surface area contributed by atoms with E-state index in [2.05, 4.69) is 9.78 Å². The first-order chi connectivity index (χ1) is 6.79. The number of benzene rings is 1. The minimum absolute atomic E-state index is 0.258. The lowest BCUT2D eigenvalue weighted by Gasteiger charge is -1.96. The Labute approximate surface area is 82.9 Å². The number of carbonyl (C=O) groups excluding carboxylic acids is 1. The number of rotatable bonds is 4. The van der Waals surface area contributed by atoms with Crippen LogP contribution in [-0.4, -0.2) is 12.6 Å². The molecule has 0 amide bonds. The molecule has 0 unspecified atom stereocenters. The van der Waals surface area contributed by atoms with Gasteiger partial charge in [-0.1, -0.05) is 42.5 Å². The summed E-state index contributed by atoms with van der Waals surface area (Å²) in [7, 11) is 0. The molecule has 14 heavy (non-hydrogen) atoms. The summed E-state index contributed by atoms with van der Waals surface area (Å²) in [5.74, 6) is -0.446. The highest BCUT2D eigenvalue weighted by Crippen LogP contribution is 2.00. The molecule has 0 atom stereocenters. The van der Waals surface area contributed by atoms with Crippen molar-refractivity contribution in [1.82, 2.24) is 0 Å². The summed E-state index contributed by atoms with van der Waals surface area (Å²) >= 11 is 0. The van der Waals surface area contributed by atoms with Gasteiger partial charge in [0.15, 0.2) is 0 Å². The average Bonchev–Trinajstić information content (AvgIpc) is 2.18. The highest BCUT2D eigenvalue weighted by molar-refractivity contribution is 5.65. The lowest BCUT2D eigenvalue weighted by molar-refractivity contribution is -0.263. The molecule has 0 aromatic heterocycles. The van der Waals surface area contributed by atoms with Crippen molar-refractivity contribution in [2.24, 2.45) is 0 Å². The zero-order valence-corrected chi connectivity index (χ0v) is 7.97. The lowest BCUT2D eigenvalue weighted by atomic mass is 10.2. The first-order valence-corrected chi connectivity index (χ1v) is 4.30. The van der Waals surface area contributed by atoms with E-state index < -0.39 is 5.97 Å². The summed E-state index contributed by atoms with van der Waals surface area (Å²) in [6, 6.07) is 9.80. The number of hydrogen-bond acceptors (Lipinski definition) is 3. The van der Waals surface area contributed by atoms with Crippen molar-refractivity contribution in [1.29, 1.82) is 0 Å². The maximum atomic E-state index is 10.3. The quantitative estimate of drug-likeness (QED) is 0.416. The smallest absolute Gasteiger partial charge is 0.298 e. The fourth-order valence-electron chi connectivity index (χ4n) is 0.905. The molecule has 0 N–H and O–H groups in total. The van der Waals surface area contributed by atoms with E-state index in [1.54, 1.807) is 6.08 Å². The lowest BCUT2D eigenvalue weighted by Crippen LogP contribution is -1.99. The molecule has 1 aromatic carbocycles. The molecule has 74 valence electrons. The number of carbonyl (C=O) groups is 1. The summed E-state index contributed by atoms with van der Waals surface area (Å²) in [5, 5.41) is 0. The Bertz CT molecular complexity index is 304. The summed E-state index contributed by atoms with van der Waals surface area (Å²) in [5.41, 5.74) is 1.08. The average molecular weight is 192 g/mol. The SMILES string of the molecule is CC(=O)OOC/C=C/c1ccccc1. The standard InChI is InChI=1S/C11H12O3/c1-10(12)14-13-9-5-8-11-6-3-2-4-7-11/h2-8H,9H2,1H3/b8-5+. The van der Waals surface area contributed by atoms with Crippen LogP contribution in [-0.2, 0) is 14.6 Å². The van der Waals surface area contributed by atoms with Crippen molar-refractivity contribution in [3.8, 4) is 0 Å². The minimum Gasteiger partial charge on any atom is -0.298 e. The van der Waals surface area contributed by atoms with Crippen molar-refractivity contribution in [2.75, 3.05) is 6.61 Å². The van der Waals surface area contributed by atoms with Gasteiger partial charge in [0, 0.05) is 6.92 Å². The van der Waals surface area contributed by atoms with E-state index in [-0.39, 0.29) is 6.61 Å². The van der Waals surface area contributed by atoms with Crippen LogP contribution in [0.5, 0.6) is 0 Å². The van der Waals surface area contributed by atoms with Gasteiger partial charge in [0.1, 0.15) is 6.61 Å². The molecule has 0 aliphatic rings. The van der Waals surface area contributed by atoms with Crippen LogP contribution in [0.15, 0.2) is 36.4 Å². The highest BCUT2D eigenvalue weighted by Gasteiger charge is 1.89. The number of hydrogen-bond donors (Lipinski definition) is 0. The van der Waals surface area contributed by atoms with Gasteiger partial charge in [0.2, 0.25) is 0 Å².